The van der Waals surface area contributed by atoms with E-state index in [1.165, 1.54) is 13.3 Å². The van der Waals surface area contributed by atoms with Crippen molar-refractivity contribution >= 4 is 22.6 Å². The molecule has 0 unspecified atom stereocenters. The van der Waals surface area contributed by atoms with Crippen molar-refractivity contribution in [2.75, 3.05) is 45.3 Å². The second-order valence-corrected chi connectivity index (χ2v) is 7.12. The van der Waals surface area contributed by atoms with Crippen LogP contribution in [-0.4, -0.2) is 61.1 Å². The second kappa shape index (κ2) is 7.06. The number of ether oxygens (including phenoxy) is 1. The normalized spacial score (nSPS) is 18.3. The summed E-state index contributed by atoms with van der Waals surface area (Å²) in [6.45, 7) is 1.96. The van der Waals surface area contributed by atoms with Gasteiger partial charge in [-0.15, -0.1) is 0 Å². The maximum Gasteiger partial charge on any atom is 0.341 e. The predicted octanol–water partition coefficient (Wildman–Crippen LogP) is 1.87. The van der Waals surface area contributed by atoms with Gasteiger partial charge in [-0.3, -0.25) is 9.63 Å². The van der Waals surface area contributed by atoms with Crippen molar-refractivity contribution in [3.63, 3.8) is 0 Å². The van der Waals surface area contributed by atoms with Gasteiger partial charge in [-0.1, -0.05) is 0 Å². The van der Waals surface area contributed by atoms with Crippen molar-refractivity contribution in [2.45, 2.75) is 18.9 Å². The van der Waals surface area contributed by atoms with Gasteiger partial charge >= 0.3 is 5.97 Å². The van der Waals surface area contributed by atoms with Crippen LogP contribution >= 0.6 is 0 Å². The summed E-state index contributed by atoms with van der Waals surface area (Å²) in [6.07, 6.45) is 3.10. The summed E-state index contributed by atoms with van der Waals surface area (Å²) < 4.78 is 22.5. The van der Waals surface area contributed by atoms with Gasteiger partial charge in [0, 0.05) is 38.9 Å². The number of nitrogens with zero attached hydrogens (tertiary/aromatic N) is 3. The summed E-state index contributed by atoms with van der Waals surface area (Å²) in [5.74, 6) is -1.69. The molecule has 1 saturated carbocycles. The molecule has 0 bridgehead atoms. The Morgan fingerprint density at radius 1 is 1.32 bits per heavy atom. The summed E-state index contributed by atoms with van der Waals surface area (Å²) >= 11 is 0. The zero-order chi connectivity index (χ0) is 20.0. The molecule has 0 amide bonds. The van der Waals surface area contributed by atoms with Crippen LogP contribution in [0.1, 0.15) is 29.2 Å². The summed E-state index contributed by atoms with van der Waals surface area (Å²) in [4.78, 5) is 31.6. The van der Waals surface area contributed by atoms with Crippen molar-refractivity contribution in [3.05, 3.63) is 33.9 Å². The van der Waals surface area contributed by atoms with Gasteiger partial charge in [0.15, 0.2) is 11.6 Å². The molecule has 1 aromatic heterocycles. The molecule has 150 valence electrons. The molecule has 8 nitrogen and oxygen atoms in total. The Hall–Kier alpha value is -2.65. The second-order valence-electron chi connectivity index (χ2n) is 7.12. The lowest BCUT2D eigenvalue weighted by atomic mass is 10.1. The van der Waals surface area contributed by atoms with Gasteiger partial charge in [0.1, 0.15) is 11.3 Å². The smallest absolute Gasteiger partial charge is 0.341 e. The van der Waals surface area contributed by atoms with Gasteiger partial charge in [-0.2, -0.15) is 5.06 Å². The Morgan fingerprint density at radius 3 is 2.71 bits per heavy atom. The number of rotatable bonds is 4. The van der Waals surface area contributed by atoms with Crippen LogP contribution in [0.5, 0.6) is 5.75 Å². The predicted molar refractivity (Wildman–Crippen MR) is 101 cm³/mol. The lowest BCUT2D eigenvalue weighted by Crippen LogP contribution is -2.30. The van der Waals surface area contributed by atoms with Crippen LogP contribution in [0.15, 0.2) is 17.1 Å². The molecule has 2 heterocycles. The van der Waals surface area contributed by atoms with E-state index in [0.29, 0.717) is 31.8 Å². The Morgan fingerprint density at radius 2 is 2.07 bits per heavy atom. The molecular weight excluding hydrogens is 369 g/mol. The number of halogens is 1. The number of anilines is 1. The molecule has 0 radical (unpaired) electrons. The molecule has 0 spiro atoms. The van der Waals surface area contributed by atoms with E-state index in [4.69, 9.17) is 9.57 Å². The first kappa shape index (κ1) is 18.7. The van der Waals surface area contributed by atoms with Crippen LogP contribution in [0, 0.1) is 5.82 Å². The number of hydrogen-bond acceptors (Lipinski definition) is 6. The zero-order valence-electron chi connectivity index (χ0n) is 15.8. The fraction of sp³-hybridized carbons (Fsp3) is 0.474. The van der Waals surface area contributed by atoms with Gasteiger partial charge in [0.05, 0.1) is 24.6 Å². The number of benzene rings is 1. The van der Waals surface area contributed by atoms with E-state index in [-0.39, 0.29) is 28.4 Å². The van der Waals surface area contributed by atoms with Crippen LogP contribution < -0.4 is 15.1 Å². The highest BCUT2D eigenvalue weighted by Gasteiger charge is 2.31. The minimum absolute atomic E-state index is 0.0214. The Labute approximate surface area is 160 Å². The molecule has 1 N–H and O–H groups in total. The van der Waals surface area contributed by atoms with Gasteiger partial charge in [-0.05, 0) is 18.9 Å². The number of pyridine rings is 1. The van der Waals surface area contributed by atoms with Crippen molar-refractivity contribution in [1.82, 2.24) is 9.63 Å². The maximum atomic E-state index is 15.2. The molecule has 2 aromatic rings. The van der Waals surface area contributed by atoms with Gasteiger partial charge < -0.3 is 19.3 Å². The SMILES string of the molecule is COc1c(N2CCON(C)CC2)c(F)cc2c(=O)c(C(=O)O)cn(C3CC3)c12. The lowest BCUT2D eigenvalue weighted by Gasteiger charge is -2.26. The average Bonchev–Trinajstić information content (AvgIpc) is 3.50. The Bertz CT molecular complexity index is 1000. The first-order valence-electron chi connectivity index (χ1n) is 9.20. The van der Waals surface area contributed by atoms with E-state index in [0.717, 1.165) is 18.9 Å². The molecule has 0 atom stereocenters. The maximum absolute atomic E-state index is 15.2. The zero-order valence-corrected chi connectivity index (χ0v) is 15.8. The lowest BCUT2D eigenvalue weighted by molar-refractivity contribution is -0.126. The van der Waals surface area contributed by atoms with Crippen LogP contribution in [-0.2, 0) is 4.84 Å². The molecular formula is C19H22FN3O5. The minimum atomic E-state index is -1.32. The summed E-state index contributed by atoms with van der Waals surface area (Å²) in [5.41, 5.74) is -0.360. The summed E-state index contributed by atoms with van der Waals surface area (Å²) in [6, 6.07) is 1.21. The molecule has 1 saturated heterocycles. The number of aromatic carboxylic acids is 1. The highest BCUT2D eigenvalue weighted by molar-refractivity contribution is 5.97. The molecule has 2 aliphatic rings. The number of likely N-dealkylation sites (N-methyl/N-ethyl adjacent to an activating group) is 1. The number of hydrogen-bond donors (Lipinski definition) is 1. The first-order chi connectivity index (χ1) is 13.4. The third kappa shape index (κ3) is 3.10. The summed E-state index contributed by atoms with van der Waals surface area (Å²) in [7, 11) is 3.25. The van der Waals surface area contributed by atoms with Crippen LogP contribution in [0.25, 0.3) is 10.9 Å². The molecule has 1 aliphatic carbocycles. The molecule has 2 fully saturated rings. The molecule has 28 heavy (non-hydrogen) atoms. The third-order valence-corrected chi connectivity index (χ3v) is 5.25. The average molecular weight is 391 g/mol. The Balaban J connectivity index is 1.99. The first-order valence-corrected chi connectivity index (χ1v) is 9.20. The van der Waals surface area contributed by atoms with E-state index in [9.17, 15) is 14.7 Å². The fourth-order valence-corrected chi connectivity index (χ4v) is 3.69. The highest BCUT2D eigenvalue weighted by atomic mass is 19.1. The molecule has 4 rings (SSSR count). The summed E-state index contributed by atoms with van der Waals surface area (Å²) in [5, 5.41) is 11.1. The number of methoxy groups -OCH3 is 1. The van der Waals surface area contributed by atoms with Crippen molar-refractivity contribution < 1.29 is 23.9 Å². The fourth-order valence-electron chi connectivity index (χ4n) is 3.69. The third-order valence-electron chi connectivity index (χ3n) is 5.25. The number of carbonyl (C=O) groups is 1. The number of carboxylic acids is 1. The quantitative estimate of drug-likeness (QED) is 0.852. The molecule has 1 aromatic carbocycles. The van der Waals surface area contributed by atoms with Crippen LogP contribution in [0.4, 0.5) is 10.1 Å². The largest absolute Gasteiger partial charge is 0.492 e. The highest BCUT2D eigenvalue weighted by Crippen LogP contribution is 2.43. The van der Waals surface area contributed by atoms with Gasteiger partial charge in [0.25, 0.3) is 0 Å². The Kier molecular flexibility index (Phi) is 4.72. The van der Waals surface area contributed by atoms with Crippen molar-refractivity contribution in [1.29, 1.82) is 0 Å². The van der Waals surface area contributed by atoms with Crippen molar-refractivity contribution in [2.24, 2.45) is 0 Å². The monoisotopic (exact) mass is 391 g/mol. The number of hydroxylamine groups is 2. The number of fused-ring (bicyclic) bond motifs is 1. The topological polar surface area (TPSA) is 84.2 Å². The van der Waals surface area contributed by atoms with E-state index < -0.39 is 17.2 Å². The van der Waals surface area contributed by atoms with E-state index >= 15 is 4.39 Å². The van der Waals surface area contributed by atoms with Crippen molar-refractivity contribution in [3.8, 4) is 5.75 Å². The standard InChI is InChI=1S/C19H22FN3O5/c1-21-5-6-22(7-8-28-21)16-14(20)9-12-15(18(16)27-2)23(11-3-4-11)10-13(17(12)24)19(25)26/h9-11H,3-8H2,1-2H3,(H,25,26). The van der Waals surface area contributed by atoms with Gasteiger partial charge in [-0.25, -0.2) is 9.18 Å². The minimum Gasteiger partial charge on any atom is -0.492 e. The van der Waals surface area contributed by atoms with Gasteiger partial charge in [0.2, 0.25) is 5.43 Å². The van der Waals surface area contributed by atoms with E-state index in [1.807, 2.05) is 11.9 Å². The number of aromatic nitrogens is 1. The molecule has 1 aliphatic heterocycles. The van der Waals surface area contributed by atoms with Crippen LogP contribution in [0.3, 0.4) is 0 Å². The van der Waals surface area contributed by atoms with Crippen LogP contribution in [0.2, 0.25) is 0 Å². The molecule has 9 heteroatoms. The number of carboxylic acid groups (broad SMARTS) is 1. The van der Waals surface area contributed by atoms with E-state index in [1.54, 1.807) is 9.63 Å². The van der Waals surface area contributed by atoms with E-state index in [2.05, 4.69) is 0 Å².